The Labute approximate surface area is 54.3 Å². The van der Waals surface area contributed by atoms with Gasteiger partial charge in [-0.15, -0.1) is 0 Å². The minimum Gasteiger partial charge on any atom is -0.361 e. The van der Waals surface area contributed by atoms with Crippen LogP contribution in [0.15, 0.2) is 36.5 Å². The second-order valence-electron chi connectivity index (χ2n) is 2.22. The standard InChI is InChI=1S/C8H8O/c1-2-4-6-8-7(9-8)5-3-1/h1-8H/b2-1-,5-3-,6-4-. The zero-order valence-electron chi connectivity index (χ0n) is 5.03. The lowest BCUT2D eigenvalue weighted by Gasteiger charge is -1.80. The minimum atomic E-state index is 0.367. The average molecular weight is 120 g/mol. The molecule has 1 fully saturated rings. The van der Waals surface area contributed by atoms with Crippen molar-refractivity contribution in [1.82, 2.24) is 0 Å². The zero-order chi connectivity index (χ0) is 6.10. The fourth-order valence-corrected chi connectivity index (χ4v) is 0.921. The highest BCUT2D eigenvalue weighted by Crippen LogP contribution is 2.25. The second kappa shape index (κ2) is 1.85. The predicted molar refractivity (Wildman–Crippen MR) is 36.1 cm³/mol. The fraction of sp³-hybridized carbons (Fsp3) is 0.250. The first-order chi connectivity index (χ1) is 4.47. The lowest BCUT2D eigenvalue weighted by molar-refractivity contribution is 0.413. The minimum absolute atomic E-state index is 0.367. The van der Waals surface area contributed by atoms with Gasteiger partial charge < -0.3 is 4.74 Å². The maximum absolute atomic E-state index is 5.22. The Morgan fingerprint density at radius 2 is 1.33 bits per heavy atom. The topological polar surface area (TPSA) is 12.5 Å². The Bertz CT molecular complexity index is 169. The highest BCUT2D eigenvalue weighted by Gasteiger charge is 2.33. The van der Waals surface area contributed by atoms with Gasteiger partial charge in [-0.25, -0.2) is 0 Å². The van der Waals surface area contributed by atoms with Crippen LogP contribution in [-0.2, 0) is 4.74 Å². The van der Waals surface area contributed by atoms with E-state index in [2.05, 4.69) is 12.2 Å². The highest BCUT2D eigenvalue weighted by molar-refractivity contribution is 5.22. The van der Waals surface area contributed by atoms with Crippen LogP contribution in [0.25, 0.3) is 0 Å². The summed E-state index contributed by atoms with van der Waals surface area (Å²) in [6, 6.07) is 0. The molecule has 1 nitrogen and oxygen atoms in total. The van der Waals surface area contributed by atoms with Gasteiger partial charge in [-0.05, 0) is 0 Å². The molecule has 46 valence electrons. The van der Waals surface area contributed by atoms with Gasteiger partial charge in [-0.1, -0.05) is 36.5 Å². The van der Waals surface area contributed by atoms with Crippen molar-refractivity contribution in [3.8, 4) is 0 Å². The van der Waals surface area contributed by atoms with Gasteiger partial charge in [0.2, 0.25) is 0 Å². The van der Waals surface area contributed by atoms with Gasteiger partial charge in [0, 0.05) is 0 Å². The molecule has 2 unspecified atom stereocenters. The van der Waals surface area contributed by atoms with Crippen LogP contribution in [0.3, 0.4) is 0 Å². The van der Waals surface area contributed by atoms with Crippen LogP contribution in [0.1, 0.15) is 0 Å². The molecule has 0 saturated carbocycles. The third kappa shape index (κ3) is 0.958. The molecule has 9 heavy (non-hydrogen) atoms. The van der Waals surface area contributed by atoms with Crippen LogP contribution in [0, 0.1) is 0 Å². The fourth-order valence-electron chi connectivity index (χ4n) is 0.921. The maximum atomic E-state index is 5.22. The van der Waals surface area contributed by atoms with Crippen molar-refractivity contribution in [2.75, 3.05) is 0 Å². The van der Waals surface area contributed by atoms with Gasteiger partial charge in [0.1, 0.15) is 12.2 Å². The number of epoxide rings is 1. The first-order valence-electron chi connectivity index (χ1n) is 3.14. The first kappa shape index (κ1) is 5.00. The number of ether oxygens (including phenoxy) is 1. The van der Waals surface area contributed by atoms with E-state index in [0.717, 1.165) is 0 Å². The summed E-state index contributed by atoms with van der Waals surface area (Å²) in [6.07, 6.45) is 12.9. The van der Waals surface area contributed by atoms with Crippen LogP contribution >= 0.6 is 0 Å². The molecular formula is C8H8O. The Morgan fingerprint density at radius 3 is 1.89 bits per heavy atom. The highest BCUT2D eigenvalue weighted by atomic mass is 16.6. The SMILES string of the molecule is C1=C\C=C/C2OC2\C=C/1. The molecule has 2 rings (SSSR count). The summed E-state index contributed by atoms with van der Waals surface area (Å²) in [6.45, 7) is 0. The summed E-state index contributed by atoms with van der Waals surface area (Å²) in [5.41, 5.74) is 0. The van der Waals surface area contributed by atoms with Gasteiger partial charge in [0.15, 0.2) is 0 Å². The number of fused-ring (bicyclic) bond motifs is 1. The van der Waals surface area contributed by atoms with E-state index in [1.807, 2.05) is 24.3 Å². The van der Waals surface area contributed by atoms with Crippen molar-refractivity contribution in [2.24, 2.45) is 0 Å². The molecule has 1 aliphatic heterocycles. The van der Waals surface area contributed by atoms with Crippen molar-refractivity contribution in [2.45, 2.75) is 12.2 Å². The summed E-state index contributed by atoms with van der Waals surface area (Å²) >= 11 is 0. The number of hydrogen-bond donors (Lipinski definition) is 0. The summed E-state index contributed by atoms with van der Waals surface area (Å²) in [5, 5.41) is 0. The van der Waals surface area contributed by atoms with E-state index in [1.165, 1.54) is 0 Å². The third-order valence-electron chi connectivity index (χ3n) is 1.50. The van der Waals surface area contributed by atoms with E-state index < -0.39 is 0 Å². The largest absolute Gasteiger partial charge is 0.361 e. The molecular weight excluding hydrogens is 112 g/mol. The summed E-state index contributed by atoms with van der Waals surface area (Å²) in [7, 11) is 0. The molecule has 0 N–H and O–H groups in total. The van der Waals surface area contributed by atoms with E-state index in [4.69, 9.17) is 4.74 Å². The van der Waals surface area contributed by atoms with Crippen LogP contribution in [0.2, 0.25) is 0 Å². The molecule has 2 atom stereocenters. The van der Waals surface area contributed by atoms with Gasteiger partial charge in [0.05, 0.1) is 0 Å². The molecule has 0 aromatic carbocycles. The Morgan fingerprint density at radius 1 is 0.778 bits per heavy atom. The van der Waals surface area contributed by atoms with Crippen LogP contribution in [-0.4, -0.2) is 12.2 Å². The van der Waals surface area contributed by atoms with Crippen molar-refractivity contribution in [3.05, 3.63) is 36.5 Å². The van der Waals surface area contributed by atoms with Crippen molar-refractivity contribution in [1.29, 1.82) is 0 Å². The molecule has 0 radical (unpaired) electrons. The van der Waals surface area contributed by atoms with Crippen LogP contribution < -0.4 is 0 Å². The van der Waals surface area contributed by atoms with Crippen molar-refractivity contribution < 1.29 is 4.74 Å². The van der Waals surface area contributed by atoms with Crippen molar-refractivity contribution >= 4 is 0 Å². The number of rotatable bonds is 0. The van der Waals surface area contributed by atoms with E-state index in [9.17, 15) is 0 Å². The molecule has 0 spiro atoms. The molecule has 2 aliphatic rings. The zero-order valence-corrected chi connectivity index (χ0v) is 5.03. The molecule has 0 amide bonds. The van der Waals surface area contributed by atoms with E-state index in [-0.39, 0.29) is 0 Å². The second-order valence-corrected chi connectivity index (χ2v) is 2.22. The molecule has 0 aromatic rings. The van der Waals surface area contributed by atoms with Crippen LogP contribution in [0.4, 0.5) is 0 Å². The third-order valence-corrected chi connectivity index (χ3v) is 1.50. The summed E-state index contributed by atoms with van der Waals surface area (Å²) in [4.78, 5) is 0. The van der Waals surface area contributed by atoms with Gasteiger partial charge >= 0.3 is 0 Å². The Hall–Kier alpha value is -0.820. The average Bonchev–Trinajstić information content (AvgIpc) is 2.46. The molecule has 1 saturated heterocycles. The first-order valence-corrected chi connectivity index (χ1v) is 3.14. The van der Waals surface area contributed by atoms with Crippen molar-refractivity contribution in [3.63, 3.8) is 0 Å². The molecule has 1 heterocycles. The molecule has 0 aromatic heterocycles. The smallest absolute Gasteiger partial charge is 0.107 e. The number of hydrogen-bond acceptors (Lipinski definition) is 1. The van der Waals surface area contributed by atoms with Gasteiger partial charge in [-0.2, -0.15) is 0 Å². The summed E-state index contributed by atoms with van der Waals surface area (Å²) < 4.78 is 5.22. The van der Waals surface area contributed by atoms with E-state index in [1.54, 1.807) is 0 Å². The Balaban J connectivity index is 2.19. The predicted octanol–water partition coefficient (Wildman–Crippen LogP) is 1.44. The lowest BCUT2D eigenvalue weighted by Crippen LogP contribution is -1.84. The van der Waals surface area contributed by atoms with E-state index in [0.29, 0.717) is 12.2 Å². The maximum Gasteiger partial charge on any atom is 0.107 e. The van der Waals surface area contributed by atoms with Gasteiger partial charge in [-0.3, -0.25) is 0 Å². The summed E-state index contributed by atoms with van der Waals surface area (Å²) in [5.74, 6) is 0. The molecule has 1 aliphatic carbocycles. The van der Waals surface area contributed by atoms with Crippen LogP contribution in [0.5, 0.6) is 0 Å². The monoisotopic (exact) mass is 120 g/mol. The Kier molecular flexibility index (Phi) is 1.03. The quantitative estimate of drug-likeness (QED) is 0.440. The lowest BCUT2D eigenvalue weighted by atomic mass is 10.2. The number of allylic oxidation sites excluding steroid dienone is 4. The van der Waals surface area contributed by atoms with E-state index >= 15 is 0 Å². The molecule has 0 bridgehead atoms. The van der Waals surface area contributed by atoms with Gasteiger partial charge in [0.25, 0.3) is 0 Å². The molecule has 1 heteroatoms. The normalized spacial score (nSPS) is 48.0.